The molecule has 50 valence electrons. The summed E-state index contributed by atoms with van der Waals surface area (Å²) in [5.74, 6) is 0. The number of fused-ring (bicyclic) bond motifs is 1. The number of hydrogen-bond donors (Lipinski definition) is 0. The minimum absolute atomic E-state index is 1.02. The van der Waals surface area contributed by atoms with E-state index in [-0.39, 0.29) is 0 Å². The Kier molecular flexibility index (Phi) is 1.36. The molecule has 0 aromatic heterocycles. The lowest BCUT2D eigenvalue weighted by molar-refractivity contribution is 0.786. The van der Waals surface area contributed by atoms with Gasteiger partial charge in [-0.25, -0.2) is 4.99 Å². The Hall–Kier alpha value is -0.960. The van der Waals surface area contributed by atoms with Crippen molar-refractivity contribution in [3.05, 3.63) is 36.2 Å². The zero-order valence-corrected chi connectivity index (χ0v) is 6.08. The van der Waals surface area contributed by atoms with Crippen molar-refractivity contribution < 1.29 is 0 Å². The van der Waals surface area contributed by atoms with Crippen LogP contribution in [0.5, 0.6) is 0 Å². The number of amidine groups is 1. The largest absolute Gasteiger partial charge is 0.302 e. The van der Waals surface area contributed by atoms with Crippen LogP contribution < -0.4 is 0 Å². The van der Waals surface area contributed by atoms with Gasteiger partial charge in [0.25, 0.3) is 0 Å². The summed E-state index contributed by atoms with van der Waals surface area (Å²) in [5, 5.41) is 3.03. The summed E-state index contributed by atoms with van der Waals surface area (Å²) < 4.78 is 0. The molecule has 0 aromatic carbocycles. The first-order valence-corrected chi connectivity index (χ1v) is 3.87. The fourth-order valence-corrected chi connectivity index (χ4v) is 1.47. The topological polar surface area (TPSA) is 15.6 Å². The lowest BCUT2D eigenvalue weighted by Crippen LogP contribution is -2.10. The SMILES string of the molecule is C1=CN=C2SC=CN2C=C1. The van der Waals surface area contributed by atoms with Gasteiger partial charge in [-0.2, -0.15) is 0 Å². The van der Waals surface area contributed by atoms with E-state index in [1.54, 1.807) is 18.0 Å². The smallest absolute Gasteiger partial charge is 0.176 e. The van der Waals surface area contributed by atoms with Gasteiger partial charge in [-0.15, -0.1) is 0 Å². The number of nitrogens with zero attached hydrogens (tertiary/aromatic N) is 2. The second-order valence-electron chi connectivity index (χ2n) is 1.90. The van der Waals surface area contributed by atoms with Crippen LogP contribution in [0.2, 0.25) is 0 Å². The summed E-state index contributed by atoms with van der Waals surface area (Å²) in [5.41, 5.74) is 0. The molecule has 2 aliphatic heterocycles. The molecule has 2 rings (SSSR count). The fourth-order valence-electron chi connectivity index (χ4n) is 0.791. The zero-order valence-electron chi connectivity index (χ0n) is 5.27. The first kappa shape index (κ1) is 5.80. The standard InChI is InChI=1S/C7H6N2S/c1-2-4-9-5-6-10-7(9)8-3-1/h1-6H. The second kappa shape index (κ2) is 2.34. The number of allylic oxidation sites excluding steroid dienone is 2. The van der Waals surface area contributed by atoms with Crippen molar-refractivity contribution in [2.24, 2.45) is 4.99 Å². The Morgan fingerprint density at radius 3 is 3.30 bits per heavy atom. The molecule has 0 saturated carbocycles. The van der Waals surface area contributed by atoms with Crippen LogP contribution in [0, 0.1) is 0 Å². The van der Waals surface area contributed by atoms with Crippen molar-refractivity contribution >= 4 is 16.9 Å². The van der Waals surface area contributed by atoms with Crippen LogP contribution >= 0.6 is 11.8 Å². The molecule has 0 aliphatic carbocycles. The molecule has 0 radical (unpaired) electrons. The zero-order chi connectivity index (χ0) is 6.81. The normalized spacial score (nSPS) is 20.8. The lowest BCUT2D eigenvalue weighted by Gasteiger charge is -2.06. The Bertz CT molecular complexity index is 250. The molecule has 10 heavy (non-hydrogen) atoms. The van der Waals surface area contributed by atoms with Gasteiger partial charge in [-0.1, -0.05) is 11.8 Å². The van der Waals surface area contributed by atoms with Gasteiger partial charge in [0.1, 0.15) is 0 Å². The predicted octanol–water partition coefficient (Wildman–Crippen LogP) is 1.90. The van der Waals surface area contributed by atoms with Gasteiger partial charge in [0.05, 0.1) is 0 Å². The summed E-state index contributed by atoms with van der Waals surface area (Å²) in [6.45, 7) is 0. The number of hydrogen-bond acceptors (Lipinski definition) is 3. The average molecular weight is 150 g/mol. The van der Waals surface area contributed by atoms with Gasteiger partial charge in [0.2, 0.25) is 0 Å². The van der Waals surface area contributed by atoms with Crippen molar-refractivity contribution in [1.82, 2.24) is 4.90 Å². The molecule has 0 aromatic rings. The van der Waals surface area contributed by atoms with Crippen LogP contribution in [0.15, 0.2) is 41.2 Å². The highest BCUT2D eigenvalue weighted by Gasteiger charge is 2.10. The molecule has 2 nitrogen and oxygen atoms in total. The highest BCUT2D eigenvalue weighted by atomic mass is 32.2. The first-order valence-electron chi connectivity index (χ1n) is 2.99. The lowest BCUT2D eigenvalue weighted by atomic mass is 10.6. The van der Waals surface area contributed by atoms with Crippen molar-refractivity contribution in [2.45, 2.75) is 0 Å². The Morgan fingerprint density at radius 1 is 1.30 bits per heavy atom. The second-order valence-corrected chi connectivity index (χ2v) is 2.78. The van der Waals surface area contributed by atoms with E-state index in [2.05, 4.69) is 4.99 Å². The van der Waals surface area contributed by atoms with Crippen molar-refractivity contribution in [1.29, 1.82) is 0 Å². The summed E-state index contributed by atoms with van der Waals surface area (Å²) in [6.07, 6.45) is 9.66. The van der Waals surface area contributed by atoms with E-state index >= 15 is 0 Å². The Morgan fingerprint density at radius 2 is 2.30 bits per heavy atom. The summed E-state index contributed by atoms with van der Waals surface area (Å²) in [7, 11) is 0. The van der Waals surface area contributed by atoms with E-state index in [0.29, 0.717) is 0 Å². The maximum absolute atomic E-state index is 4.19. The van der Waals surface area contributed by atoms with Crippen LogP contribution in [-0.2, 0) is 0 Å². The van der Waals surface area contributed by atoms with E-state index in [0.717, 1.165) is 5.17 Å². The third-order valence-electron chi connectivity index (χ3n) is 1.24. The molecular weight excluding hydrogens is 144 g/mol. The average Bonchev–Trinajstić information content (AvgIpc) is 2.28. The van der Waals surface area contributed by atoms with Gasteiger partial charge in [-0.05, 0) is 17.6 Å². The van der Waals surface area contributed by atoms with Gasteiger partial charge in [-0.3, -0.25) is 0 Å². The van der Waals surface area contributed by atoms with Crippen LogP contribution in [0.3, 0.4) is 0 Å². The maximum atomic E-state index is 4.19. The fraction of sp³-hybridized carbons (Fsp3) is 0. The van der Waals surface area contributed by atoms with Gasteiger partial charge >= 0.3 is 0 Å². The summed E-state index contributed by atoms with van der Waals surface area (Å²) >= 11 is 1.63. The van der Waals surface area contributed by atoms with Crippen LogP contribution in [0.25, 0.3) is 0 Å². The Balaban J connectivity index is 2.35. The minimum Gasteiger partial charge on any atom is -0.302 e. The minimum atomic E-state index is 1.02. The molecule has 0 amide bonds. The van der Waals surface area contributed by atoms with Crippen LogP contribution in [0.1, 0.15) is 0 Å². The molecule has 0 bridgehead atoms. The number of thioether (sulfide) groups is 1. The maximum Gasteiger partial charge on any atom is 0.176 e. The van der Waals surface area contributed by atoms with Crippen LogP contribution in [-0.4, -0.2) is 10.1 Å². The molecule has 0 N–H and O–H groups in total. The molecule has 2 aliphatic rings. The van der Waals surface area contributed by atoms with E-state index in [9.17, 15) is 0 Å². The molecule has 0 atom stereocenters. The Labute approximate surface area is 63.6 Å². The molecule has 2 heterocycles. The number of rotatable bonds is 0. The van der Waals surface area contributed by atoms with Crippen molar-refractivity contribution in [2.75, 3.05) is 0 Å². The van der Waals surface area contributed by atoms with Crippen LogP contribution in [0.4, 0.5) is 0 Å². The van der Waals surface area contributed by atoms with Crippen molar-refractivity contribution in [3.63, 3.8) is 0 Å². The molecular formula is C7H6N2S. The summed E-state index contributed by atoms with van der Waals surface area (Å²) in [4.78, 5) is 6.18. The van der Waals surface area contributed by atoms with E-state index < -0.39 is 0 Å². The highest BCUT2D eigenvalue weighted by Crippen LogP contribution is 2.20. The third-order valence-corrected chi connectivity index (χ3v) is 2.03. The summed E-state index contributed by atoms with van der Waals surface area (Å²) in [6, 6.07) is 0. The van der Waals surface area contributed by atoms with E-state index in [1.165, 1.54) is 0 Å². The highest BCUT2D eigenvalue weighted by molar-refractivity contribution is 8.16. The van der Waals surface area contributed by atoms with E-state index in [4.69, 9.17) is 0 Å². The molecule has 0 unspecified atom stereocenters. The molecule has 0 fully saturated rings. The van der Waals surface area contributed by atoms with E-state index in [1.807, 2.05) is 34.9 Å². The third kappa shape index (κ3) is 0.885. The van der Waals surface area contributed by atoms with Crippen molar-refractivity contribution in [3.8, 4) is 0 Å². The quantitative estimate of drug-likeness (QED) is 0.524. The number of aliphatic imine (C=N–C) groups is 1. The molecule has 0 spiro atoms. The molecule has 0 saturated heterocycles. The predicted molar refractivity (Wildman–Crippen MR) is 44.3 cm³/mol. The van der Waals surface area contributed by atoms with Gasteiger partial charge in [0, 0.05) is 18.6 Å². The first-order chi connectivity index (χ1) is 4.97. The van der Waals surface area contributed by atoms with Gasteiger partial charge in [0.15, 0.2) is 5.17 Å². The monoisotopic (exact) mass is 150 g/mol. The van der Waals surface area contributed by atoms with Gasteiger partial charge < -0.3 is 4.90 Å². The molecule has 3 heteroatoms.